The first-order valence-electron chi connectivity index (χ1n) is 7.17. The van der Waals surface area contributed by atoms with Gasteiger partial charge < -0.3 is 4.90 Å². The molecule has 0 saturated heterocycles. The molecule has 0 radical (unpaired) electrons. The Hall–Kier alpha value is -1.64. The molecule has 0 N–H and O–H groups in total. The van der Waals surface area contributed by atoms with Crippen LogP contribution in [0.1, 0.15) is 28.2 Å². The molecule has 0 aliphatic carbocycles. The summed E-state index contributed by atoms with van der Waals surface area (Å²) >= 11 is 5.44. The number of hydrogen-bond acceptors (Lipinski definition) is 2. The Morgan fingerprint density at radius 3 is 2.62 bits per heavy atom. The lowest BCUT2D eigenvalue weighted by molar-refractivity contribution is -0.111. The van der Waals surface area contributed by atoms with Crippen LogP contribution in [0.3, 0.4) is 0 Å². The first kappa shape index (κ1) is 14.3. The van der Waals surface area contributed by atoms with Gasteiger partial charge in [-0.05, 0) is 40.9 Å². The van der Waals surface area contributed by atoms with Crippen molar-refractivity contribution in [2.24, 2.45) is 0 Å². The van der Waals surface area contributed by atoms with Gasteiger partial charge in [-0.25, -0.2) is 0 Å². The molecule has 0 aromatic heterocycles. The van der Waals surface area contributed by atoms with Crippen LogP contribution in [0.2, 0.25) is 0 Å². The molecular formula is C18H18ClNO. The van der Waals surface area contributed by atoms with Gasteiger partial charge in [0.25, 0.3) is 0 Å². The summed E-state index contributed by atoms with van der Waals surface area (Å²) in [7, 11) is 2.16. The van der Waals surface area contributed by atoms with Crippen molar-refractivity contribution in [3.63, 3.8) is 0 Å². The zero-order valence-electron chi connectivity index (χ0n) is 12.1. The second kappa shape index (κ2) is 6.00. The fourth-order valence-electron chi connectivity index (χ4n) is 3.10. The quantitative estimate of drug-likeness (QED) is 0.808. The molecule has 0 amide bonds. The van der Waals surface area contributed by atoms with Crippen molar-refractivity contribution in [1.29, 1.82) is 0 Å². The maximum absolute atomic E-state index is 11.0. The standard InChI is InChI=1S/C18H18ClNO/c1-20-11-15-4-2-3-5-16(15)17(12-20)14-8-6-13(7-9-14)10-18(19)21/h2-9,17H,10-12H2,1H3. The highest BCUT2D eigenvalue weighted by Gasteiger charge is 2.24. The van der Waals surface area contributed by atoms with Crippen molar-refractivity contribution in [3.8, 4) is 0 Å². The van der Waals surface area contributed by atoms with Crippen molar-refractivity contribution >= 4 is 16.8 Å². The highest BCUT2D eigenvalue weighted by Crippen LogP contribution is 2.32. The van der Waals surface area contributed by atoms with Crippen LogP contribution in [0.25, 0.3) is 0 Å². The summed E-state index contributed by atoms with van der Waals surface area (Å²) < 4.78 is 0. The lowest BCUT2D eigenvalue weighted by Crippen LogP contribution is -2.30. The third-order valence-electron chi connectivity index (χ3n) is 4.09. The van der Waals surface area contributed by atoms with E-state index in [2.05, 4.69) is 48.3 Å². The van der Waals surface area contributed by atoms with Crippen LogP contribution >= 0.6 is 11.6 Å². The minimum absolute atomic E-state index is 0.295. The lowest BCUT2D eigenvalue weighted by atomic mass is 9.84. The van der Waals surface area contributed by atoms with Crippen LogP contribution in [-0.4, -0.2) is 23.7 Å². The molecule has 0 saturated carbocycles. The summed E-state index contributed by atoms with van der Waals surface area (Å²) in [4.78, 5) is 13.3. The largest absolute Gasteiger partial charge is 0.301 e. The van der Waals surface area contributed by atoms with Gasteiger partial charge >= 0.3 is 0 Å². The molecule has 2 aromatic carbocycles. The fraction of sp³-hybridized carbons (Fsp3) is 0.278. The molecule has 1 aliphatic rings. The van der Waals surface area contributed by atoms with Crippen LogP contribution in [0.5, 0.6) is 0 Å². The Morgan fingerprint density at radius 2 is 1.90 bits per heavy atom. The Bertz CT molecular complexity index is 651. The number of rotatable bonds is 3. The van der Waals surface area contributed by atoms with E-state index in [9.17, 15) is 4.79 Å². The normalized spacial score (nSPS) is 18.3. The molecule has 2 aromatic rings. The minimum atomic E-state index is -0.314. The van der Waals surface area contributed by atoms with E-state index in [1.807, 2.05) is 12.1 Å². The van der Waals surface area contributed by atoms with Gasteiger partial charge in [0.05, 0.1) is 0 Å². The number of fused-ring (bicyclic) bond motifs is 1. The summed E-state index contributed by atoms with van der Waals surface area (Å²) in [5.74, 6) is 0.390. The SMILES string of the molecule is CN1Cc2ccccc2C(c2ccc(CC(=O)Cl)cc2)C1. The summed E-state index contributed by atoms with van der Waals surface area (Å²) in [5, 5.41) is -0.314. The second-order valence-corrected chi connectivity index (χ2v) is 6.14. The molecule has 2 nitrogen and oxygen atoms in total. The Kier molecular flexibility index (Phi) is 4.09. The number of benzene rings is 2. The van der Waals surface area contributed by atoms with E-state index in [-0.39, 0.29) is 5.24 Å². The molecule has 1 aliphatic heterocycles. The third-order valence-corrected chi connectivity index (χ3v) is 4.22. The van der Waals surface area contributed by atoms with Gasteiger partial charge in [-0.3, -0.25) is 4.79 Å². The molecule has 1 heterocycles. The van der Waals surface area contributed by atoms with E-state index in [1.54, 1.807) is 0 Å². The minimum Gasteiger partial charge on any atom is -0.301 e. The number of likely N-dealkylation sites (N-methyl/N-ethyl adjacent to an activating group) is 1. The van der Waals surface area contributed by atoms with Crippen LogP contribution in [-0.2, 0) is 17.8 Å². The highest BCUT2D eigenvalue weighted by molar-refractivity contribution is 6.63. The Labute approximate surface area is 130 Å². The van der Waals surface area contributed by atoms with Gasteiger partial charge in [-0.1, -0.05) is 48.5 Å². The van der Waals surface area contributed by atoms with Crippen molar-refractivity contribution in [1.82, 2.24) is 4.90 Å². The molecule has 21 heavy (non-hydrogen) atoms. The highest BCUT2D eigenvalue weighted by atomic mass is 35.5. The average Bonchev–Trinajstić information content (AvgIpc) is 2.46. The predicted molar refractivity (Wildman–Crippen MR) is 85.6 cm³/mol. The number of nitrogens with zero attached hydrogens (tertiary/aromatic N) is 1. The average molecular weight is 300 g/mol. The molecule has 1 atom stereocenters. The lowest BCUT2D eigenvalue weighted by Gasteiger charge is -2.32. The van der Waals surface area contributed by atoms with E-state index in [0.29, 0.717) is 12.3 Å². The topological polar surface area (TPSA) is 20.3 Å². The third kappa shape index (κ3) is 3.17. The molecule has 0 fully saturated rings. The molecule has 1 unspecified atom stereocenters. The maximum Gasteiger partial charge on any atom is 0.226 e. The van der Waals surface area contributed by atoms with Crippen molar-refractivity contribution < 1.29 is 4.79 Å². The number of hydrogen-bond donors (Lipinski definition) is 0. The molecule has 108 valence electrons. The zero-order chi connectivity index (χ0) is 14.8. The zero-order valence-corrected chi connectivity index (χ0v) is 12.8. The smallest absolute Gasteiger partial charge is 0.226 e. The summed E-state index contributed by atoms with van der Waals surface area (Å²) in [6.45, 7) is 2.02. The number of halogens is 1. The molecule has 3 rings (SSSR count). The van der Waals surface area contributed by atoms with Gasteiger partial charge in [0.1, 0.15) is 0 Å². The van der Waals surface area contributed by atoms with Gasteiger partial charge in [-0.15, -0.1) is 0 Å². The Balaban J connectivity index is 1.91. The van der Waals surface area contributed by atoms with Crippen LogP contribution < -0.4 is 0 Å². The van der Waals surface area contributed by atoms with Crippen LogP contribution in [0, 0.1) is 0 Å². The second-order valence-electron chi connectivity index (χ2n) is 5.72. The van der Waals surface area contributed by atoms with E-state index >= 15 is 0 Å². The monoisotopic (exact) mass is 299 g/mol. The summed E-state index contributed by atoms with van der Waals surface area (Å²) in [6, 6.07) is 16.9. The van der Waals surface area contributed by atoms with Gasteiger partial charge in [0.2, 0.25) is 5.24 Å². The summed E-state index contributed by atoms with van der Waals surface area (Å²) in [6.07, 6.45) is 0.295. The molecular weight excluding hydrogens is 282 g/mol. The number of carbonyl (C=O) groups is 1. The van der Waals surface area contributed by atoms with Gasteiger partial charge in [-0.2, -0.15) is 0 Å². The molecule has 3 heteroatoms. The Morgan fingerprint density at radius 1 is 1.19 bits per heavy atom. The maximum atomic E-state index is 11.0. The fourth-order valence-corrected chi connectivity index (χ4v) is 3.25. The van der Waals surface area contributed by atoms with Crippen molar-refractivity contribution in [2.45, 2.75) is 18.9 Å². The van der Waals surface area contributed by atoms with Crippen LogP contribution in [0.4, 0.5) is 0 Å². The predicted octanol–water partition coefficient (Wildman–Crippen LogP) is 3.57. The van der Waals surface area contributed by atoms with Crippen molar-refractivity contribution in [3.05, 3.63) is 70.8 Å². The van der Waals surface area contributed by atoms with Crippen LogP contribution in [0.15, 0.2) is 48.5 Å². The molecule has 0 spiro atoms. The van der Waals surface area contributed by atoms with E-state index in [0.717, 1.165) is 18.7 Å². The first-order chi connectivity index (χ1) is 10.1. The first-order valence-corrected chi connectivity index (χ1v) is 7.55. The van der Waals surface area contributed by atoms with Gasteiger partial charge in [0.15, 0.2) is 0 Å². The van der Waals surface area contributed by atoms with Crippen molar-refractivity contribution in [2.75, 3.05) is 13.6 Å². The molecule has 0 bridgehead atoms. The summed E-state index contributed by atoms with van der Waals surface area (Å²) in [5.41, 5.74) is 5.07. The van der Waals surface area contributed by atoms with E-state index in [4.69, 9.17) is 11.6 Å². The van der Waals surface area contributed by atoms with Gasteiger partial charge in [0, 0.05) is 25.4 Å². The van der Waals surface area contributed by atoms with E-state index in [1.165, 1.54) is 16.7 Å². The van der Waals surface area contributed by atoms with E-state index < -0.39 is 0 Å². The number of carbonyl (C=O) groups excluding carboxylic acids is 1.